The second-order valence-corrected chi connectivity index (χ2v) is 7.24. The van der Waals surface area contributed by atoms with Crippen LogP contribution in [0.15, 0.2) is 42.9 Å². The number of ketones is 1. The van der Waals surface area contributed by atoms with Crippen LogP contribution in [-0.4, -0.2) is 56.5 Å². The molecule has 0 bridgehead atoms. The molecule has 0 aliphatic heterocycles. The fourth-order valence-corrected chi connectivity index (χ4v) is 3.26. The van der Waals surface area contributed by atoms with Gasteiger partial charge in [0.05, 0.1) is 17.9 Å². The van der Waals surface area contributed by atoms with Crippen LogP contribution in [0, 0.1) is 11.8 Å². The van der Waals surface area contributed by atoms with Gasteiger partial charge in [-0.25, -0.2) is 4.98 Å². The smallest absolute Gasteiger partial charge is 0.162 e. The zero-order chi connectivity index (χ0) is 22.2. The molecule has 3 aromatic rings. The minimum atomic E-state index is -0.503. The van der Waals surface area contributed by atoms with E-state index in [1.807, 2.05) is 0 Å². The van der Waals surface area contributed by atoms with Gasteiger partial charge < -0.3 is 15.7 Å². The number of rotatable bonds is 8. The highest BCUT2D eigenvalue weighted by Gasteiger charge is 2.13. The number of aliphatic hydroxyl groups is 1. The van der Waals surface area contributed by atoms with E-state index in [0.717, 1.165) is 18.7 Å². The van der Waals surface area contributed by atoms with Crippen molar-refractivity contribution in [2.75, 3.05) is 25.4 Å². The molecule has 7 heteroatoms. The molecule has 0 amide bonds. The normalized spacial score (nSPS) is 11.9. The molecule has 0 saturated heterocycles. The van der Waals surface area contributed by atoms with Crippen molar-refractivity contribution in [2.24, 2.45) is 0 Å². The second-order valence-electron chi connectivity index (χ2n) is 7.24. The second kappa shape index (κ2) is 10.6. The van der Waals surface area contributed by atoms with Gasteiger partial charge in [0.2, 0.25) is 0 Å². The lowest BCUT2D eigenvalue weighted by Gasteiger charge is -2.21. The first-order valence-electron chi connectivity index (χ1n) is 10.4. The quantitative estimate of drug-likeness (QED) is 0.429. The molecule has 7 nitrogen and oxygen atoms in total. The highest BCUT2D eigenvalue weighted by atomic mass is 16.3. The van der Waals surface area contributed by atoms with Gasteiger partial charge in [0.25, 0.3) is 0 Å². The lowest BCUT2D eigenvalue weighted by molar-refractivity contribution is 0.0877. The van der Waals surface area contributed by atoms with Gasteiger partial charge in [0, 0.05) is 36.5 Å². The molecule has 160 valence electrons. The molecule has 0 aliphatic rings. The number of nitrogens with two attached hydrogens (primary N) is 1. The van der Waals surface area contributed by atoms with Gasteiger partial charge in [-0.05, 0) is 31.6 Å². The first kappa shape index (κ1) is 22.3. The Morgan fingerprint density at radius 3 is 2.52 bits per heavy atom. The van der Waals surface area contributed by atoms with Crippen LogP contribution >= 0.6 is 0 Å². The van der Waals surface area contributed by atoms with Crippen LogP contribution in [-0.2, 0) is 0 Å². The molecule has 2 aromatic heterocycles. The summed E-state index contributed by atoms with van der Waals surface area (Å²) in [5.41, 5.74) is 9.10. The number of nitrogens with zero attached hydrogens (tertiary/aromatic N) is 4. The molecule has 0 radical (unpaired) electrons. The molecule has 0 saturated carbocycles. The first-order valence-corrected chi connectivity index (χ1v) is 10.4. The number of carbonyl (C=O) groups is 1. The number of benzene rings is 1. The fraction of sp³-hybridized carbons (Fsp3) is 0.333. The molecule has 0 spiro atoms. The van der Waals surface area contributed by atoms with Crippen LogP contribution in [0.4, 0.5) is 5.82 Å². The van der Waals surface area contributed by atoms with E-state index in [9.17, 15) is 9.90 Å². The molecular weight excluding hydrogens is 390 g/mol. The number of aliphatic hydroxyl groups excluding tert-OH is 1. The highest BCUT2D eigenvalue weighted by molar-refractivity contribution is 5.96. The summed E-state index contributed by atoms with van der Waals surface area (Å²) in [5.74, 6) is 6.39. The Balaban J connectivity index is 1.65. The number of anilines is 1. The molecular formula is C24H27N5O2. The van der Waals surface area contributed by atoms with Crippen LogP contribution in [0.5, 0.6) is 0 Å². The van der Waals surface area contributed by atoms with Gasteiger partial charge in [-0.2, -0.15) is 0 Å². The minimum Gasteiger partial charge on any atom is -0.392 e. The van der Waals surface area contributed by atoms with Crippen molar-refractivity contribution in [3.05, 3.63) is 59.5 Å². The Hall–Kier alpha value is -3.34. The number of hydrogen-bond donors (Lipinski definition) is 2. The molecule has 2 heterocycles. The molecule has 1 atom stereocenters. The molecule has 1 aromatic carbocycles. The van der Waals surface area contributed by atoms with Crippen LogP contribution in [0.2, 0.25) is 0 Å². The maximum atomic E-state index is 12.5. The number of fused-ring (bicyclic) bond motifs is 1. The Morgan fingerprint density at radius 1 is 1.10 bits per heavy atom. The average Bonchev–Trinajstić information content (AvgIpc) is 2.80. The SMILES string of the molecule is CCN(CC)CC(O)CCC(=O)c1ccc(C#Cc2c(N)ncc3nccnc23)cc1. The summed E-state index contributed by atoms with van der Waals surface area (Å²) in [6.45, 7) is 6.48. The van der Waals surface area contributed by atoms with Gasteiger partial charge in [0.15, 0.2) is 5.78 Å². The third-order valence-electron chi connectivity index (χ3n) is 5.15. The van der Waals surface area contributed by atoms with E-state index in [1.165, 1.54) is 0 Å². The number of nitrogen functional groups attached to an aromatic ring is 1. The van der Waals surface area contributed by atoms with Crippen LogP contribution in [0.1, 0.15) is 48.2 Å². The zero-order valence-electron chi connectivity index (χ0n) is 17.9. The third kappa shape index (κ3) is 5.85. The van der Waals surface area contributed by atoms with Crippen molar-refractivity contribution in [2.45, 2.75) is 32.8 Å². The van der Waals surface area contributed by atoms with Crippen molar-refractivity contribution >= 4 is 22.6 Å². The number of carbonyl (C=O) groups excluding carboxylic acids is 1. The number of Topliss-reactive ketones (excluding diaryl/α,β-unsaturated/α-hetero) is 1. The molecule has 3 N–H and O–H groups in total. The zero-order valence-corrected chi connectivity index (χ0v) is 17.9. The molecule has 3 rings (SSSR count). The largest absolute Gasteiger partial charge is 0.392 e. The van der Waals surface area contributed by atoms with Crippen LogP contribution in [0.3, 0.4) is 0 Å². The number of hydrogen-bond acceptors (Lipinski definition) is 7. The standard InChI is InChI=1S/C24H27N5O2/c1-3-29(4-2)16-19(30)10-12-22(31)18-8-5-17(6-9-18)7-11-20-23-21(15-28-24(20)25)26-13-14-27-23/h5-6,8-9,13-15,19,30H,3-4,10,12,16H2,1-2H3,(H2,25,28). The Morgan fingerprint density at radius 2 is 1.81 bits per heavy atom. The Labute approximate surface area is 182 Å². The first-order chi connectivity index (χ1) is 15.0. The van der Waals surface area contributed by atoms with Gasteiger partial charge >= 0.3 is 0 Å². The van der Waals surface area contributed by atoms with E-state index < -0.39 is 6.10 Å². The van der Waals surface area contributed by atoms with Crippen molar-refractivity contribution in [1.82, 2.24) is 19.9 Å². The van der Waals surface area contributed by atoms with Crippen LogP contribution in [0.25, 0.3) is 11.0 Å². The number of aromatic nitrogens is 3. The van der Waals surface area contributed by atoms with E-state index in [-0.39, 0.29) is 5.78 Å². The predicted octanol–water partition coefficient (Wildman–Crippen LogP) is 2.67. The van der Waals surface area contributed by atoms with Crippen molar-refractivity contribution < 1.29 is 9.90 Å². The van der Waals surface area contributed by atoms with E-state index in [0.29, 0.717) is 47.4 Å². The fourth-order valence-electron chi connectivity index (χ4n) is 3.26. The Bertz CT molecular complexity index is 1100. The molecule has 31 heavy (non-hydrogen) atoms. The lowest BCUT2D eigenvalue weighted by Crippen LogP contribution is -2.32. The summed E-state index contributed by atoms with van der Waals surface area (Å²) in [6.07, 6.45) is 5.01. The summed E-state index contributed by atoms with van der Waals surface area (Å²) >= 11 is 0. The summed E-state index contributed by atoms with van der Waals surface area (Å²) in [5, 5.41) is 10.2. The van der Waals surface area contributed by atoms with Gasteiger partial charge in [-0.3, -0.25) is 14.8 Å². The Kier molecular flexibility index (Phi) is 7.65. The van der Waals surface area contributed by atoms with Gasteiger partial charge in [-0.1, -0.05) is 37.8 Å². The molecule has 1 unspecified atom stereocenters. The maximum Gasteiger partial charge on any atom is 0.162 e. The third-order valence-corrected chi connectivity index (χ3v) is 5.15. The van der Waals surface area contributed by atoms with Crippen LogP contribution < -0.4 is 5.73 Å². The van der Waals surface area contributed by atoms with Gasteiger partial charge in [-0.15, -0.1) is 0 Å². The molecule has 0 fully saturated rings. The summed E-state index contributed by atoms with van der Waals surface area (Å²) < 4.78 is 0. The number of pyridine rings is 1. The van der Waals surface area contributed by atoms with E-state index in [2.05, 4.69) is 45.5 Å². The predicted molar refractivity (Wildman–Crippen MR) is 122 cm³/mol. The number of likely N-dealkylation sites (N-methyl/N-ethyl adjacent to an activating group) is 1. The van der Waals surface area contributed by atoms with E-state index in [1.54, 1.807) is 42.9 Å². The molecule has 0 aliphatic carbocycles. The monoisotopic (exact) mass is 417 g/mol. The topological polar surface area (TPSA) is 105 Å². The summed E-state index contributed by atoms with van der Waals surface area (Å²) in [6, 6.07) is 7.11. The van der Waals surface area contributed by atoms with Crippen molar-refractivity contribution in [3.63, 3.8) is 0 Å². The lowest BCUT2D eigenvalue weighted by atomic mass is 10.0. The van der Waals surface area contributed by atoms with E-state index >= 15 is 0 Å². The van der Waals surface area contributed by atoms with E-state index in [4.69, 9.17) is 5.73 Å². The average molecular weight is 418 g/mol. The summed E-state index contributed by atoms with van der Waals surface area (Å²) in [7, 11) is 0. The maximum absolute atomic E-state index is 12.5. The minimum absolute atomic E-state index is 0.0101. The van der Waals surface area contributed by atoms with Gasteiger partial charge in [0.1, 0.15) is 16.9 Å². The van der Waals surface area contributed by atoms with Crippen molar-refractivity contribution in [3.8, 4) is 11.8 Å². The van der Waals surface area contributed by atoms with Crippen molar-refractivity contribution in [1.29, 1.82) is 0 Å². The summed E-state index contributed by atoms with van der Waals surface area (Å²) in [4.78, 5) is 27.2. The highest BCUT2D eigenvalue weighted by Crippen LogP contribution is 2.17.